The molecule has 0 fully saturated rings. The summed E-state index contributed by atoms with van der Waals surface area (Å²) >= 11 is 0. The van der Waals surface area contributed by atoms with Gasteiger partial charge in [0.05, 0.1) is 0 Å². The molecule has 0 atom stereocenters. The summed E-state index contributed by atoms with van der Waals surface area (Å²) in [6, 6.07) is 0.182. The van der Waals surface area contributed by atoms with Gasteiger partial charge in [-0.05, 0) is 40.5 Å². The molecular formula is C15H30N2O2. The maximum atomic E-state index is 11.9. The van der Waals surface area contributed by atoms with Crippen LogP contribution in [0.5, 0.6) is 0 Å². The summed E-state index contributed by atoms with van der Waals surface area (Å²) in [5, 5.41) is 5.91. The van der Waals surface area contributed by atoms with Crippen LogP contribution < -0.4 is 10.6 Å². The van der Waals surface area contributed by atoms with Crippen molar-refractivity contribution in [1.82, 2.24) is 10.6 Å². The van der Waals surface area contributed by atoms with Crippen molar-refractivity contribution in [3.8, 4) is 0 Å². The third-order valence-electron chi connectivity index (χ3n) is 2.79. The molecule has 0 aromatic heterocycles. The number of hydrogen-bond donors (Lipinski definition) is 2. The molecule has 0 rings (SSSR count). The van der Waals surface area contributed by atoms with E-state index in [4.69, 9.17) is 0 Å². The van der Waals surface area contributed by atoms with Gasteiger partial charge in [-0.2, -0.15) is 0 Å². The summed E-state index contributed by atoms with van der Waals surface area (Å²) in [6.45, 7) is 13.6. The van der Waals surface area contributed by atoms with Crippen molar-refractivity contribution >= 4 is 11.8 Å². The summed E-state index contributed by atoms with van der Waals surface area (Å²) in [5.74, 6) is 0.122. The standard InChI is InChI=1S/C15H30N2O2/c1-11(2)16-12(18)9-8-10-15(6,7)17-13(19)14(3,4)5/h11H,8-10H2,1-7H3,(H,16,18)(H,17,19). The van der Waals surface area contributed by atoms with E-state index in [1.54, 1.807) is 0 Å². The highest BCUT2D eigenvalue weighted by atomic mass is 16.2. The van der Waals surface area contributed by atoms with Gasteiger partial charge in [-0.1, -0.05) is 20.8 Å². The fourth-order valence-electron chi connectivity index (χ4n) is 1.64. The highest BCUT2D eigenvalue weighted by Crippen LogP contribution is 2.18. The molecule has 112 valence electrons. The second-order valence-electron chi connectivity index (χ2n) is 7.16. The van der Waals surface area contributed by atoms with Crippen molar-refractivity contribution in [2.45, 2.75) is 79.3 Å². The van der Waals surface area contributed by atoms with Crippen molar-refractivity contribution in [2.24, 2.45) is 5.41 Å². The first-order chi connectivity index (χ1) is 8.44. The van der Waals surface area contributed by atoms with Crippen molar-refractivity contribution in [1.29, 1.82) is 0 Å². The van der Waals surface area contributed by atoms with E-state index in [0.29, 0.717) is 6.42 Å². The van der Waals surface area contributed by atoms with Gasteiger partial charge in [0.25, 0.3) is 0 Å². The van der Waals surface area contributed by atoms with E-state index in [0.717, 1.165) is 12.8 Å². The first-order valence-corrected chi connectivity index (χ1v) is 7.06. The lowest BCUT2D eigenvalue weighted by Gasteiger charge is -2.30. The quantitative estimate of drug-likeness (QED) is 0.779. The van der Waals surface area contributed by atoms with Gasteiger partial charge in [0.2, 0.25) is 11.8 Å². The van der Waals surface area contributed by atoms with Crippen LogP contribution in [0.4, 0.5) is 0 Å². The normalized spacial score (nSPS) is 12.4. The Labute approximate surface area is 117 Å². The van der Waals surface area contributed by atoms with E-state index >= 15 is 0 Å². The monoisotopic (exact) mass is 270 g/mol. The van der Waals surface area contributed by atoms with Crippen LogP contribution in [0.25, 0.3) is 0 Å². The second kappa shape index (κ2) is 6.92. The molecule has 2 N–H and O–H groups in total. The number of carbonyl (C=O) groups excluding carboxylic acids is 2. The van der Waals surface area contributed by atoms with E-state index in [1.165, 1.54) is 0 Å². The molecule has 0 aliphatic heterocycles. The molecule has 4 nitrogen and oxygen atoms in total. The predicted molar refractivity (Wildman–Crippen MR) is 78.8 cm³/mol. The van der Waals surface area contributed by atoms with Crippen LogP contribution in [0.3, 0.4) is 0 Å². The van der Waals surface area contributed by atoms with Crippen molar-refractivity contribution < 1.29 is 9.59 Å². The van der Waals surface area contributed by atoms with Gasteiger partial charge in [-0.25, -0.2) is 0 Å². The number of nitrogens with one attached hydrogen (secondary N) is 2. The topological polar surface area (TPSA) is 58.2 Å². The number of rotatable bonds is 6. The summed E-state index contributed by atoms with van der Waals surface area (Å²) in [7, 11) is 0. The van der Waals surface area contributed by atoms with Gasteiger partial charge in [0.15, 0.2) is 0 Å². The van der Waals surface area contributed by atoms with Crippen LogP contribution in [-0.4, -0.2) is 23.4 Å². The number of hydrogen-bond acceptors (Lipinski definition) is 2. The average Bonchev–Trinajstić information content (AvgIpc) is 2.13. The van der Waals surface area contributed by atoms with E-state index in [1.807, 2.05) is 48.5 Å². The zero-order chi connectivity index (χ0) is 15.3. The molecule has 0 saturated heterocycles. The molecule has 0 spiro atoms. The molecule has 0 heterocycles. The van der Waals surface area contributed by atoms with Crippen LogP contribution in [0.2, 0.25) is 0 Å². The second-order valence-corrected chi connectivity index (χ2v) is 7.16. The molecule has 0 saturated carbocycles. The molecule has 2 amide bonds. The van der Waals surface area contributed by atoms with E-state index < -0.39 is 0 Å². The fraction of sp³-hybridized carbons (Fsp3) is 0.867. The van der Waals surface area contributed by atoms with Gasteiger partial charge in [-0.15, -0.1) is 0 Å². The van der Waals surface area contributed by atoms with Crippen LogP contribution in [-0.2, 0) is 9.59 Å². The molecule has 0 aliphatic carbocycles. The highest BCUT2D eigenvalue weighted by Gasteiger charge is 2.27. The Kier molecular flexibility index (Phi) is 6.53. The first kappa shape index (κ1) is 17.9. The summed E-state index contributed by atoms with van der Waals surface area (Å²) in [5.41, 5.74) is -0.658. The lowest BCUT2D eigenvalue weighted by molar-refractivity contribution is -0.130. The zero-order valence-electron chi connectivity index (χ0n) is 13.5. The van der Waals surface area contributed by atoms with Crippen LogP contribution >= 0.6 is 0 Å². The highest BCUT2D eigenvalue weighted by molar-refractivity contribution is 5.82. The minimum absolute atomic E-state index is 0.0455. The molecule has 0 bridgehead atoms. The molecule has 0 radical (unpaired) electrons. The van der Waals surface area contributed by atoms with Crippen LogP contribution in [0, 0.1) is 5.41 Å². The Balaban J connectivity index is 4.11. The smallest absolute Gasteiger partial charge is 0.225 e. The molecule has 0 aromatic rings. The largest absolute Gasteiger partial charge is 0.354 e. The minimum Gasteiger partial charge on any atom is -0.354 e. The third kappa shape index (κ3) is 8.62. The third-order valence-corrected chi connectivity index (χ3v) is 2.79. The molecule has 4 heteroatoms. The maximum Gasteiger partial charge on any atom is 0.225 e. The van der Waals surface area contributed by atoms with Crippen molar-refractivity contribution in [2.75, 3.05) is 0 Å². The SMILES string of the molecule is CC(C)NC(=O)CCCC(C)(C)NC(=O)C(C)(C)C. The summed E-state index contributed by atoms with van der Waals surface area (Å²) in [4.78, 5) is 23.5. The average molecular weight is 270 g/mol. The van der Waals surface area contributed by atoms with Gasteiger partial charge < -0.3 is 10.6 Å². The minimum atomic E-state index is -0.383. The first-order valence-electron chi connectivity index (χ1n) is 7.06. The lowest BCUT2D eigenvalue weighted by Crippen LogP contribution is -2.48. The van der Waals surface area contributed by atoms with E-state index in [-0.39, 0.29) is 28.8 Å². The van der Waals surface area contributed by atoms with Gasteiger partial charge in [0.1, 0.15) is 0 Å². The van der Waals surface area contributed by atoms with Crippen LogP contribution in [0.1, 0.15) is 67.7 Å². The predicted octanol–water partition coefficient (Wildman–Crippen LogP) is 2.62. The van der Waals surface area contributed by atoms with Gasteiger partial charge >= 0.3 is 0 Å². The van der Waals surface area contributed by atoms with E-state index in [9.17, 15) is 9.59 Å². The van der Waals surface area contributed by atoms with Crippen molar-refractivity contribution in [3.63, 3.8) is 0 Å². The maximum absolute atomic E-state index is 11.9. The Morgan fingerprint density at radius 2 is 1.58 bits per heavy atom. The van der Waals surface area contributed by atoms with E-state index in [2.05, 4.69) is 10.6 Å². The molecular weight excluding hydrogens is 240 g/mol. The van der Waals surface area contributed by atoms with Gasteiger partial charge in [-0.3, -0.25) is 9.59 Å². The van der Waals surface area contributed by atoms with Crippen LogP contribution in [0.15, 0.2) is 0 Å². The summed E-state index contributed by atoms with van der Waals surface area (Å²) < 4.78 is 0. The Morgan fingerprint density at radius 1 is 1.05 bits per heavy atom. The molecule has 0 aromatic carbocycles. The Bertz CT molecular complexity index is 315. The van der Waals surface area contributed by atoms with Gasteiger partial charge in [0, 0.05) is 23.4 Å². The lowest BCUT2D eigenvalue weighted by atomic mass is 9.91. The number of amides is 2. The zero-order valence-corrected chi connectivity index (χ0v) is 13.5. The molecule has 0 unspecified atom stereocenters. The Morgan fingerprint density at radius 3 is 2.00 bits per heavy atom. The molecule has 0 aliphatic rings. The van der Waals surface area contributed by atoms with Crippen molar-refractivity contribution in [3.05, 3.63) is 0 Å². The summed E-state index contributed by atoms with van der Waals surface area (Å²) in [6.07, 6.45) is 2.07. The fourth-order valence-corrected chi connectivity index (χ4v) is 1.64. The Hall–Kier alpha value is -1.06. The molecule has 19 heavy (non-hydrogen) atoms. The number of carbonyl (C=O) groups is 2.